The molecule has 0 saturated carbocycles. The van der Waals surface area contributed by atoms with Crippen molar-refractivity contribution in [2.24, 2.45) is 5.41 Å². The van der Waals surface area contributed by atoms with Gasteiger partial charge < -0.3 is 5.32 Å². The highest BCUT2D eigenvalue weighted by molar-refractivity contribution is 6.31. The zero-order valence-corrected chi connectivity index (χ0v) is 13.7. The molecule has 0 saturated heterocycles. The Morgan fingerprint density at radius 3 is 2.15 bits per heavy atom. The summed E-state index contributed by atoms with van der Waals surface area (Å²) in [5.74, 6) is -1.73. The third-order valence-corrected chi connectivity index (χ3v) is 3.61. The largest absolute Gasteiger partial charge is 0.312 e. The summed E-state index contributed by atoms with van der Waals surface area (Å²) in [5.41, 5.74) is 0.785. The predicted molar refractivity (Wildman–Crippen MR) is 81.2 cm³/mol. The SMILES string of the molecule is CC(C)(CCc1cc(F)c(F)cc1Cl)CNC(C)(C)C. The highest BCUT2D eigenvalue weighted by Crippen LogP contribution is 2.27. The molecule has 114 valence electrons. The van der Waals surface area contributed by atoms with Gasteiger partial charge in [0.05, 0.1) is 0 Å². The van der Waals surface area contributed by atoms with Crippen molar-refractivity contribution in [2.45, 2.75) is 53.0 Å². The highest BCUT2D eigenvalue weighted by atomic mass is 35.5. The molecule has 0 aliphatic carbocycles. The van der Waals surface area contributed by atoms with Crippen LogP contribution in [0.3, 0.4) is 0 Å². The van der Waals surface area contributed by atoms with Gasteiger partial charge in [-0.3, -0.25) is 0 Å². The molecular formula is C16H24ClF2N. The first-order chi connectivity index (χ1) is 9.00. The first kappa shape index (κ1) is 17.4. The maximum absolute atomic E-state index is 13.2. The maximum Gasteiger partial charge on any atom is 0.160 e. The standard InChI is InChI=1S/C16H24ClF2N/c1-15(2,3)20-10-16(4,5)7-6-11-8-13(18)14(19)9-12(11)17/h8-9,20H,6-7,10H2,1-5H3. The maximum atomic E-state index is 13.2. The van der Waals surface area contributed by atoms with Gasteiger partial charge in [0.2, 0.25) is 0 Å². The first-order valence-corrected chi connectivity index (χ1v) is 7.26. The van der Waals surface area contributed by atoms with E-state index in [1.807, 2.05) is 0 Å². The topological polar surface area (TPSA) is 12.0 Å². The lowest BCUT2D eigenvalue weighted by atomic mass is 9.85. The van der Waals surface area contributed by atoms with Crippen molar-refractivity contribution < 1.29 is 8.78 Å². The molecule has 1 rings (SSSR count). The minimum absolute atomic E-state index is 0.0570. The molecular weight excluding hydrogens is 280 g/mol. The van der Waals surface area contributed by atoms with Crippen molar-refractivity contribution in [3.05, 3.63) is 34.4 Å². The van der Waals surface area contributed by atoms with E-state index >= 15 is 0 Å². The molecule has 1 aromatic rings. The van der Waals surface area contributed by atoms with E-state index in [0.717, 1.165) is 19.0 Å². The molecule has 0 heterocycles. The number of benzene rings is 1. The number of nitrogens with one attached hydrogen (secondary N) is 1. The van der Waals surface area contributed by atoms with E-state index in [0.29, 0.717) is 17.0 Å². The molecule has 0 spiro atoms. The molecule has 1 aromatic carbocycles. The average molecular weight is 304 g/mol. The van der Waals surface area contributed by atoms with Gasteiger partial charge in [-0.1, -0.05) is 25.4 Å². The van der Waals surface area contributed by atoms with Crippen LogP contribution < -0.4 is 5.32 Å². The van der Waals surface area contributed by atoms with Crippen LogP contribution in [0.15, 0.2) is 12.1 Å². The van der Waals surface area contributed by atoms with Gasteiger partial charge in [0.1, 0.15) is 0 Å². The predicted octanol–water partition coefficient (Wildman–Crippen LogP) is 4.97. The molecule has 4 heteroatoms. The van der Waals surface area contributed by atoms with Crippen molar-refractivity contribution in [3.63, 3.8) is 0 Å². The molecule has 0 aliphatic heterocycles. The van der Waals surface area contributed by atoms with E-state index in [9.17, 15) is 8.78 Å². The highest BCUT2D eigenvalue weighted by Gasteiger charge is 2.21. The molecule has 0 fully saturated rings. The van der Waals surface area contributed by atoms with Gasteiger partial charge in [-0.25, -0.2) is 8.78 Å². The Balaban J connectivity index is 2.64. The summed E-state index contributed by atoms with van der Waals surface area (Å²) in [4.78, 5) is 0. The van der Waals surface area contributed by atoms with Crippen LogP contribution in [-0.2, 0) is 6.42 Å². The molecule has 1 N–H and O–H groups in total. The second-order valence-corrected chi connectivity index (χ2v) is 7.53. The second-order valence-electron chi connectivity index (χ2n) is 7.13. The fourth-order valence-corrected chi connectivity index (χ4v) is 2.07. The molecule has 0 unspecified atom stereocenters. The summed E-state index contributed by atoms with van der Waals surface area (Å²) < 4.78 is 26.3. The van der Waals surface area contributed by atoms with Crippen LogP contribution in [0.5, 0.6) is 0 Å². The molecule has 0 bridgehead atoms. The smallest absolute Gasteiger partial charge is 0.160 e. The molecule has 0 radical (unpaired) electrons. The van der Waals surface area contributed by atoms with Crippen molar-refractivity contribution in [2.75, 3.05) is 6.54 Å². The third kappa shape index (κ3) is 5.76. The van der Waals surface area contributed by atoms with Gasteiger partial charge >= 0.3 is 0 Å². The van der Waals surface area contributed by atoms with Crippen LogP contribution in [0.4, 0.5) is 8.78 Å². The summed E-state index contributed by atoms with van der Waals surface area (Å²) in [6.45, 7) is 11.5. The van der Waals surface area contributed by atoms with Crippen LogP contribution in [0, 0.1) is 17.0 Å². The monoisotopic (exact) mass is 303 g/mol. The Morgan fingerprint density at radius 1 is 1.05 bits per heavy atom. The van der Waals surface area contributed by atoms with E-state index < -0.39 is 11.6 Å². The normalized spacial score (nSPS) is 12.8. The Kier molecular flexibility index (Phi) is 5.56. The Bertz CT molecular complexity index is 464. The first-order valence-electron chi connectivity index (χ1n) is 6.89. The van der Waals surface area contributed by atoms with Gasteiger partial charge in [0.15, 0.2) is 11.6 Å². The van der Waals surface area contributed by atoms with Gasteiger partial charge in [-0.05, 0) is 56.7 Å². The van der Waals surface area contributed by atoms with E-state index in [2.05, 4.69) is 39.9 Å². The quantitative estimate of drug-likeness (QED) is 0.758. The summed E-state index contributed by atoms with van der Waals surface area (Å²) in [5, 5.41) is 3.76. The molecule has 20 heavy (non-hydrogen) atoms. The number of halogens is 3. The van der Waals surface area contributed by atoms with E-state index in [-0.39, 0.29) is 11.0 Å². The minimum atomic E-state index is -0.896. The fourth-order valence-electron chi connectivity index (χ4n) is 1.82. The summed E-state index contributed by atoms with van der Waals surface area (Å²) in [7, 11) is 0. The molecule has 0 aromatic heterocycles. The van der Waals surface area contributed by atoms with Crippen LogP contribution in [-0.4, -0.2) is 12.1 Å². The van der Waals surface area contributed by atoms with Crippen molar-refractivity contribution in [1.82, 2.24) is 5.32 Å². The Morgan fingerprint density at radius 2 is 1.60 bits per heavy atom. The lowest BCUT2D eigenvalue weighted by Gasteiger charge is -2.30. The summed E-state index contributed by atoms with van der Waals surface area (Å²) >= 11 is 5.96. The molecule has 0 atom stereocenters. The van der Waals surface area contributed by atoms with Crippen molar-refractivity contribution in [1.29, 1.82) is 0 Å². The minimum Gasteiger partial charge on any atom is -0.312 e. The van der Waals surface area contributed by atoms with Gasteiger partial charge in [-0.2, -0.15) is 0 Å². The second kappa shape index (κ2) is 6.40. The van der Waals surface area contributed by atoms with Crippen LogP contribution in [0.25, 0.3) is 0 Å². The number of aryl methyl sites for hydroxylation is 1. The zero-order valence-electron chi connectivity index (χ0n) is 12.9. The fraction of sp³-hybridized carbons (Fsp3) is 0.625. The van der Waals surface area contributed by atoms with E-state index in [1.165, 1.54) is 6.07 Å². The third-order valence-electron chi connectivity index (χ3n) is 3.26. The average Bonchev–Trinajstić information content (AvgIpc) is 2.29. The number of hydrogen-bond donors (Lipinski definition) is 1. The molecule has 0 aliphatic rings. The van der Waals surface area contributed by atoms with E-state index in [4.69, 9.17) is 11.6 Å². The number of rotatable bonds is 5. The van der Waals surface area contributed by atoms with Crippen LogP contribution in [0.1, 0.15) is 46.6 Å². The number of hydrogen-bond acceptors (Lipinski definition) is 1. The summed E-state index contributed by atoms with van der Waals surface area (Å²) in [6, 6.07) is 2.25. The lowest BCUT2D eigenvalue weighted by molar-refractivity contribution is 0.273. The molecule has 0 amide bonds. The lowest BCUT2D eigenvalue weighted by Crippen LogP contribution is -2.42. The van der Waals surface area contributed by atoms with Gasteiger partial charge in [-0.15, -0.1) is 0 Å². The molecule has 1 nitrogen and oxygen atoms in total. The zero-order chi connectivity index (χ0) is 15.6. The Labute approximate surface area is 125 Å². The van der Waals surface area contributed by atoms with Crippen molar-refractivity contribution >= 4 is 11.6 Å². The van der Waals surface area contributed by atoms with E-state index in [1.54, 1.807) is 0 Å². The van der Waals surface area contributed by atoms with Gasteiger partial charge in [0.25, 0.3) is 0 Å². The van der Waals surface area contributed by atoms with Crippen molar-refractivity contribution in [3.8, 4) is 0 Å². The summed E-state index contributed by atoms with van der Waals surface area (Å²) in [6.07, 6.45) is 1.48. The Hall–Kier alpha value is -0.670. The van der Waals surface area contributed by atoms with Crippen LogP contribution in [0.2, 0.25) is 5.02 Å². The van der Waals surface area contributed by atoms with Gasteiger partial charge in [0, 0.05) is 17.1 Å². The van der Waals surface area contributed by atoms with Crippen LogP contribution >= 0.6 is 11.6 Å².